The van der Waals surface area contributed by atoms with E-state index in [1.807, 2.05) is 0 Å². The van der Waals surface area contributed by atoms with Crippen molar-refractivity contribution < 1.29 is 4.79 Å². The zero-order valence-electron chi connectivity index (χ0n) is 10.5. The van der Waals surface area contributed by atoms with Gasteiger partial charge in [0.1, 0.15) is 0 Å². The van der Waals surface area contributed by atoms with Crippen molar-refractivity contribution in [2.75, 3.05) is 19.6 Å². The van der Waals surface area contributed by atoms with Crippen LogP contribution in [-0.4, -0.2) is 36.0 Å². The number of hydrogen-bond acceptors (Lipinski definition) is 3. The largest absolute Gasteiger partial charge is 0.368 e. The van der Waals surface area contributed by atoms with E-state index in [1.165, 1.54) is 12.8 Å². The molecular weight excluding hydrogens is 202 g/mol. The Morgan fingerprint density at radius 1 is 1.44 bits per heavy atom. The topological polar surface area (TPSA) is 72.3 Å². The number of amides is 1. The van der Waals surface area contributed by atoms with Gasteiger partial charge in [0.05, 0.1) is 5.54 Å². The third-order valence-electron chi connectivity index (χ3n) is 3.26. The van der Waals surface area contributed by atoms with Gasteiger partial charge in [0.15, 0.2) is 0 Å². The zero-order valence-corrected chi connectivity index (χ0v) is 10.5. The molecule has 0 saturated heterocycles. The molecule has 1 unspecified atom stereocenters. The Hall–Kier alpha value is -0.610. The Morgan fingerprint density at radius 3 is 2.50 bits per heavy atom. The van der Waals surface area contributed by atoms with Crippen molar-refractivity contribution >= 4 is 5.91 Å². The van der Waals surface area contributed by atoms with Gasteiger partial charge in [-0.15, -0.1) is 0 Å². The molecule has 0 aromatic carbocycles. The van der Waals surface area contributed by atoms with Crippen LogP contribution in [0.15, 0.2) is 0 Å². The molecule has 0 radical (unpaired) electrons. The van der Waals surface area contributed by atoms with Gasteiger partial charge in [0, 0.05) is 13.1 Å². The molecular formula is C12H25N3O. The highest BCUT2D eigenvalue weighted by Crippen LogP contribution is 2.29. The molecule has 0 spiro atoms. The summed E-state index contributed by atoms with van der Waals surface area (Å²) in [6.45, 7) is 7.01. The summed E-state index contributed by atoms with van der Waals surface area (Å²) in [5, 5.41) is 0. The predicted molar refractivity (Wildman–Crippen MR) is 65.9 cm³/mol. The Labute approximate surface area is 98.3 Å². The summed E-state index contributed by atoms with van der Waals surface area (Å²) < 4.78 is 0. The predicted octanol–water partition coefficient (Wildman–Crippen LogP) is 0.701. The number of rotatable bonds is 8. The van der Waals surface area contributed by atoms with Crippen LogP contribution in [0.3, 0.4) is 0 Å². The molecule has 1 fully saturated rings. The first kappa shape index (κ1) is 13.5. The van der Waals surface area contributed by atoms with Gasteiger partial charge in [-0.1, -0.05) is 6.92 Å². The van der Waals surface area contributed by atoms with Crippen molar-refractivity contribution in [3.63, 3.8) is 0 Å². The van der Waals surface area contributed by atoms with Crippen LogP contribution in [0, 0.1) is 5.92 Å². The highest BCUT2D eigenvalue weighted by atomic mass is 16.1. The minimum atomic E-state index is -0.866. The molecule has 0 heterocycles. The van der Waals surface area contributed by atoms with Crippen molar-refractivity contribution in [2.45, 2.75) is 45.1 Å². The van der Waals surface area contributed by atoms with Gasteiger partial charge in [0.2, 0.25) is 5.91 Å². The molecule has 0 aromatic heterocycles. The van der Waals surface area contributed by atoms with Crippen LogP contribution in [0.4, 0.5) is 0 Å². The normalized spacial score (nSPS) is 19.8. The lowest BCUT2D eigenvalue weighted by Crippen LogP contribution is -2.51. The van der Waals surface area contributed by atoms with Gasteiger partial charge in [-0.2, -0.15) is 0 Å². The highest BCUT2D eigenvalue weighted by Gasteiger charge is 2.28. The van der Waals surface area contributed by atoms with E-state index in [2.05, 4.69) is 11.8 Å². The van der Waals surface area contributed by atoms with Crippen molar-refractivity contribution in [3.05, 3.63) is 0 Å². The molecule has 16 heavy (non-hydrogen) atoms. The van der Waals surface area contributed by atoms with Crippen LogP contribution >= 0.6 is 0 Å². The Balaban J connectivity index is 2.32. The molecule has 0 aliphatic heterocycles. The van der Waals surface area contributed by atoms with Crippen molar-refractivity contribution in [1.82, 2.24) is 4.90 Å². The Morgan fingerprint density at radius 2 is 2.06 bits per heavy atom. The van der Waals surface area contributed by atoms with Crippen LogP contribution in [0.2, 0.25) is 0 Å². The number of primary amides is 1. The second kappa shape index (κ2) is 5.64. The SMILES string of the molecule is CCCN(CCC(C)(N)C(N)=O)CC1CC1. The summed E-state index contributed by atoms with van der Waals surface area (Å²) >= 11 is 0. The minimum absolute atomic E-state index is 0.407. The van der Waals surface area contributed by atoms with Crippen LogP contribution in [0.5, 0.6) is 0 Å². The van der Waals surface area contributed by atoms with Crippen LogP contribution < -0.4 is 11.5 Å². The average Bonchev–Trinajstić information content (AvgIpc) is 2.98. The molecule has 1 amide bonds. The summed E-state index contributed by atoms with van der Waals surface area (Å²) in [6.07, 6.45) is 4.51. The van der Waals surface area contributed by atoms with E-state index in [0.29, 0.717) is 6.42 Å². The van der Waals surface area contributed by atoms with Gasteiger partial charge < -0.3 is 16.4 Å². The van der Waals surface area contributed by atoms with Crippen molar-refractivity contribution in [2.24, 2.45) is 17.4 Å². The summed E-state index contributed by atoms with van der Waals surface area (Å²) in [5.41, 5.74) is 10.2. The van der Waals surface area contributed by atoms with Crippen molar-refractivity contribution in [1.29, 1.82) is 0 Å². The van der Waals surface area contributed by atoms with E-state index >= 15 is 0 Å². The third-order valence-corrected chi connectivity index (χ3v) is 3.26. The monoisotopic (exact) mass is 227 g/mol. The fourth-order valence-corrected chi connectivity index (χ4v) is 1.79. The van der Waals surface area contributed by atoms with Crippen LogP contribution in [0.25, 0.3) is 0 Å². The molecule has 1 aliphatic carbocycles. The number of hydrogen-bond donors (Lipinski definition) is 2. The third kappa shape index (κ3) is 4.49. The first-order valence-corrected chi connectivity index (χ1v) is 6.27. The summed E-state index contributed by atoms with van der Waals surface area (Å²) in [7, 11) is 0. The lowest BCUT2D eigenvalue weighted by molar-refractivity contribution is -0.122. The van der Waals surface area contributed by atoms with Gasteiger partial charge in [-0.05, 0) is 45.1 Å². The summed E-state index contributed by atoms with van der Waals surface area (Å²) in [5.74, 6) is 0.472. The smallest absolute Gasteiger partial charge is 0.237 e. The molecule has 94 valence electrons. The zero-order chi connectivity index (χ0) is 12.2. The molecule has 0 aromatic rings. The Kier molecular flexibility index (Phi) is 4.74. The molecule has 4 nitrogen and oxygen atoms in total. The van der Waals surface area contributed by atoms with E-state index in [0.717, 1.165) is 32.0 Å². The maximum atomic E-state index is 11.1. The second-order valence-corrected chi connectivity index (χ2v) is 5.28. The maximum Gasteiger partial charge on any atom is 0.237 e. The lowest BCUT2D eigenvalue weighted by atomic mass is 9.98. The molecule has 1 rings (SSSR count). The number of carbonyl (C=O) groups excluding carboxylic acids is 1. The fourth-order valence-electron chi connectivity index (χ4n) is 1.79. The van der Waals surface area contributed by atoms with Crippen LogP contribution in [0.1, 0.15) is 39.5 Å². The standard InChI is InChI=1S/C12H25N3O/c1-3-7-15(9-10-4-5-10)8-6-12(2,14)11(13)16/h10H,3-9,14H2,1-2H3,(H2,13,16). The average molecular weight is 227 g/mol. The molecule has 4 N–H and O–H groups in total. The molecule has 1 saturated carbocycles. The molecule has 0 bridgehead atoms. The highest BCUT2D eigenvalue weighted by molar-refractivity contribution is 5.83. The lowest BCUT2D eigenvalue weighted by Gasteiger charge is -2.27. The van der Waals surface area contributed by atoms with E-state index < -0.39 is 11.4 Å². The number of carbonyl (C=O) groups is 1. The quantitative estimate of drug-likeness (QED) is 0.641. The summed E-state index contributed by atoms with van der Waals surface area (Å²) in [4.78, 5) is 13.5. The Bertz CT molecular complexity index is 236. The molecule has 1 atom stereocenters. The van der Waals surface area contributed by atoms with Crippen LogP contribution in [-0.2, 0) is 4.79 Å². The number of nitrogens with two attached hydrogens (primary N) is 2. The van der Waals surface area contributed by atoms with E-state index in [9.17, 15) is 4.79 Å². The molecule has 4 heteroatoms. The van der Waals surface area contributed by atoms with E-state index in [-0.39, 0.29) is 0 Å². The second-order valence-electron chi connectivity index (χ2n) is 5.28. The van der Waals surface area contributed by atoms with Gasteiger partial charge >= 0.3 is 0 Å². The first-order chi connectivity index (χ1) is 7.45. The summed E-state index contributed by atoms with van der Waals surface area (Å²) in [6, 6.07) is 0. The van der Waals surface area contributed by atoms with Gasteiger partial charge in [-0.25, -0.2) is 0 Å². The number of nitrogens with zero attached hydrogens (tertiary/aromatic N) is 1. The maximum absolute atomic E-state index is 11.1. The first-order valence-electron chi connectivity index (χ1n) is 6.27. The minimum Gasteiger partial charge on any atom is -0.368 e. The molecule has 1 aliphatic rings. The fraction of sp³-hybridized carbons (Fsp3) is 0.917. The van der Waals surface area contributed by atoms with Crippen molar-refractivity contribution in [3.8, 4) is 0 Å². The van der Waals surface area contributed by atoms with Gasteiger partial charge in [0.25, 0.3) is 0 Å². The van der Waals surface area contributed by atoms with E-state index in [1.54, 1.807) is 6.92 Å². The van der Waals surface area contributed by atoms with E-state index in [4.69, 9.17) is 11.5 Å². The van der Waals surface area contributed by atoms with Gasteiger partial charge in [-0.3, -0.25) is 4.79 Å².